The number of hydrogen-bond donors (Lipinski definition) is 0. The number of likely N-dealkylation sites (N-methyl/N-ethyl adjacent to an activating group) is 1. The number of ether oxygens (including phenoxy) is 4. The van der Waals surface area contributed by atoms with E-state index < -0.39 is 24.3 Å². The molecule has 9 heteroatoms. The minimum Gasteiger partial charge on any atom is -0.545 e. The molecule has 0 N–H and O–H groups in total. The lowest BCUT2D eigenvalue weighted by Gasteiger charge is -2.26. The van der Waals surface area contributed by atoms with Crippen molar-refractivity contribution >= 4 is 17.9 Å². The van der Waals surface area contributed by atoms with E-state index in [2.05, 4.69) is 86.8 Å². The van der Waals surface area contributed by atoms with Gasteiger partial charge in [-0.25, -0.2) is 0 Å². The maximum atomic E-state index is 13.0. The molecule has 0 saturated carbocycles. The summed E-state index contributed by atoms with van der Waals surface area (Å²) in [6.45, 7) is 4.69. The van der Waals surface area contributed by atoms with E-state index in [4.69, 9.17) is 18.9 Å². The molecule has 0 bridgehead atoms. The Balaban J connectivity index is 4.04. The van der Waals surface area contributed by atoms with Crippen molar-refractivity contribution in [3.63, 3.8) is 0 Å². The highest BCUT2D eigenvalue weighted by molar-refractivity contribution is 5.70. The van der Waals surface area contributed by atoms with E-state index in [9.17, 15) is 19.5 Å². The molecular formula is C78H141NO8. The van der Waals surface area contributed by atoms with Crippen molar-refractivity contribution in [2.24, 2.45) is 0 Å². The summed E-state index contributed by atoms with van der Waals surface area (Å²) in [7, 11) is 5.94. The van der Waals surface area contributed by atoms with Crippen LogP contribution < -0.4 is 5.11 Å². The number of carboxylic acids is 1. The second-order valence-electron chi connectivity index (χ2n) is 26.2. The average Bonchev–Trinajstić information content (AvgIpc) is 3.56. The van der Waals surface area contributed by atoms with Crippen molar-refractivity contribution in [3.05, 3.63) is 72.9 Å². The van der Waals surface area contributed by atoms with E-state index >= 15 is 0 Å². The van der Waals surface area contributed by atoms with Gasteiger partial charge in [0.25, 0.3) is 0 Å². The van der Waals surface area contributed by atoms with Gasteiger partial charge in [-0.15, -0.1) is 0 Å². The monoisotopic (exact) mass is 1220 g/mol. The number of nitrogens with zero attached hydrogens (tertiary/aromatic N) is 1. The SMILES string of the molecule is CC/C=C\C/C=C\C/C=C\C/C=C\C/C=C\CCCCCCCCCCCCCCCCCCCCCC(=O)OC(COC(=O)CCCCCCCCCCCCCCCCC/C=C\CCCCCCCCCC)COC(OCC[N+](C)(C)C)C(=O)[O-]. The normalized spacial score (nSPS) is 13.1. The third-order valence-electron chi connectivity index (χ3n) is 16.4. The largest absolute Gasteiger partial charge is 0.545 e. The van der Waals surface area contributed by atoms with Gasteiger partial charge in [0.2, 0.25) is 0 Å². The van der Waals surface area contributed by atoms with Crippen LogP contribution in [0.25, 0.3) is 0 Å². The predicted molar refractivity (Wildman–Crippen MR) is 371 cm³/mol. The first-order chi connectivity index (χ1) is 42.6. The van der Waals surface area contributed by atoms with Gasteiger partial charge in [-0.1, -0.05) is 324 Å². The molecule has 2 atom stereocenters. The highest BCUT2D eigenvalue weighted by Gasteiger charge is 2.22. The molecule has 0 aliphatic rings. The number of rotatable bonds is 69. The molecule has 0 rings (SSSR count). The molecule has 0 heterocycles. The van der Waals surface area contributed by atoms with Crippen molar-refractivity contribution in [1.29, 1.82) is 0 Å². The summed E-state index contributed by atoms with van der Waals surface area (Å²) >= 11 is 0. The van der Waals surface area contributed by atoms with Gasteiger partial charge in [0.05, 0.1) is 40.3 Å². The van der Waals surface area contributed by atoms with Crippen molar-refractivity contribution in [1.82, 2.24) is 0 Å². The van der Waals surface area contributed by atoms with Gasteiger partial charge in [0, 0.05) is 12.8 Å². The van der Waals surface area contributed by atoms with Gasteiger partial charge in [0.1, 0.15) is 13.2 Å². The summed E-state index contributed by atoms with van der Waals surface area (Å²) in [5.74, 6) is -2.26. The molecule has 0 amide bonds. The van der Waals surface area contributed by atoms with Crippen molar-refractivity contribution in [3.8, 4) is 0 Å². The van der Waals surface area contributed by atoms with Crippen LogP contribution in [-0.2, 0) is 33.3 Å². The molecule has 506 valence electrons. The molecule has 0 aliphatic carbocycles. The van der Waals surface area contributed by atoms with Crippen LogP contribution in [0, 0.1) is 0 Å². The van der Waals surface area contributed by atoms with Gasteiger partial charge in [-0.05, 0) is 83.5 Å². The Morgan fingerprint density at radius 2 is 0.655 bits per heavy atom. The van der Waals surface area contributed by atoms with Gasteiger partial charge in [-0.3, -0.25) is 9.59 Å². The van der Waals surface area contributed by atoms with Crippen LogP contribution in [0.15, 0.2) is 72.9 Å². The van der Waals surface area contributed by atoms with E-state index in [0.29, 0.717) is 23.9 Å². The third kappa shape index (κ3) is 70.1. The molecule has 0 aromatic heterocycles. The predicted octanol–water partition coefficient (Wildman–Crippen LogP) is 21.9. The number of carboxylic acid groups (broad SMARTS) is 1. The Morgan fingerprint density at radius 3 is 0.989 bits per heavy atom. The number of carbonyl (C=O) groups is 3. The minimum absolute atomic E-state index is 0.149. The molecule has 2 unspecified atom stereocenters. The van der Waals surface area contributed by atoms with Crippen LogP contribution >= 0.6 is 0 Å². The quantitative estimate of drug-likeness (QED) is 0.0195. The number of aliphatic carboxylic acids is 1. The molecule has 0 aromatic rings. The topological polar surface area (TPSA) is 111 Å². The molecule has 0 aromatic carbocycles. The van der Waals surface area contributed by atoms with Crippen molar-refractivity contribution in [2.45, 2.75) is 360 Å². The molecular weight excluding hydrogens is 1080 g/mol. The average molecular weight is 1220 g/mol. The number of allylic oxidation sites excluding steroid dienone is 12. The second kappa shape index (κ2) is 68.6. The number of hydrogen-bond acceptors (Lipinski definition) is 8. The highest BCUT2D eigenvalue weighted by Crippen LogP contribution is 2.18. The van der Waals surface area contributed by atoms with E-state index in [0.717, 1.165) is 64.2 Å². The fraction of sp³-hybridized carbons (Fsp3) is 0.808. The zero-order chi connectivity index (χ0) is 63.3. The summed E-state index contributed by atoms with van der Waals surface area (Å²) in [5.41, 5.74) is 0. The maximum absolute atomic E-state index is 13.0. The minimum atomic E-state index is -1.62. The summed E-state index contributed by atoms with van der Waals surface area (Å²) < 4.78 is 22.8. The lowest BCUT2D eigenvalue weighted by molar-refractivity contribution is -0.870. The van der Waals surface area contributed by atoms with Gasteiger partial charge in [0.15, 0.2) is 12.4 Å². The number of carbonyl (C=O) groups excluding carboxylic acids is 3. The molecule has 87 heavy (non-hydrogen) atoms. The van der Waals surface area contributed by atoms with Crippen LogP contribution in [0.5, 0.6) is 0 Å². The Morgan fingerprint density at radius 1 is 0.356 bits per heavy atom. The lowest BCUT2D eigenvalue weighted by Crippen LogP contribution is -2.44. The van der Waals surface area contributed by atoms with Gasteiger partial charge >= 0.3 is 11.9 Å². The maximum Gasteiger partial charge on any atom is 0.306 e. The fourth-order valence-corrected chi connectivity index (χ4v) is 10.8. The van der Waals surface area contributed by atoms with Crippen molar-refractivity contribution < 1.29 is 42.9 Å². The number of quaternary nitrogens is 1. The Hall–Kier alpha value is -3.27. The fourth-order valence-electron chi connectivity index (χ4n) is 10.8. The molecule has 0 fully saturated rings. The van der Waals surface area contributed by atoms with Crippen LogP contribution in [-0.4, -0.2) is 82.3 Å². The summed E-state index contributed by atoms with van der Waals surface area (Å²) in [6, 6.07) is 0. The van der Waals surface area contributed by atoms with Crippen molar-refractivity contribution in [2.75, 3.05) is 47.5 Å². The third-order valence-corrected chi connectivity index (χ3v) is 16.4. The summed E-state index contributed by atoms with van der Waals surface area (Å²) in [4.78, 5) is 37.5. The molecule has 0 aliphatic heterocycles. The smallest absolute Gasteiger partial charge is 0.306 e. The molecule has 0 saturated heterocycles. The number of esters is 2. The molecule has 9 nitrogen and oxygen atoms in total. The first-order valence-electron chi connectivity index (χ1n) is 37.1. The number of unbranched alkanes of at least 4 members (excludes halogenated alkanes) is 42. The first kappa shape index (κ1) is 83.7. The first-order valence-corrected chi connectivity index (χ1v) is 37.1. The summed E-state index contributed by atoms with van der Waals surface area (Å²) in [5, 5.41) is 11.8. The zero-order valence-corrected chi connectivity index (χ0v) is 57.9. The zero-order valence-electron chi connectivity index (χ0n) is 57.9. The Kier molecular flexibility index (Phi) is 66.1. The highest BCUT2D eigenvalue weighted by atomic mass is 16.7. The van der Waals surface area contributed by atoms with E-state index in [1.54, 1.807) is 0 Å². The molecule has 0 radical (unpaired) electrons. The van der Waals surface area contributed by atoms with Crippen LogP contribution in [0.2, 0.25) is 0 Å². The van der Waals surface area contributed by atoms with Crippen LogP contribution in [0.1, 0.15) is 348 Å². The van der Waals surface area contributed by atoms with E-state index in [-0.39, 0.29) is 32.2 Å². The Bertz CT molecular complexity index is 1660. The Labute approximate surface area is 538 Å². The molecule has 0 spiro atoms. The standard InChI is InChI=1S/C78H141NO8/c1-6-8-10-12-14-16-18-20-22-24-26-28-30-32-34-35-36-37-38-39-40-41-43-45-47-49-51-53-55-57-59-61-63-65-67-69-76(81)87-74(73-86-78(77(82)83)84-71-70-79(3,4)5)72-85-75(80)68-66-64-62-60-58-56-54-52-50-48-46-44-42-33-31-29-27-25-23-21-19-17-15-13-11-9-7-2/h8,10,14,16,20,22,25-28,32,34,74,78H,6-7,9,11-13,15,17-19,21,23-24,29-31,33,35-73H2,1-5H3/b10-8-,16-14-,22-20-,27-25-,28-26-,34-32-. The lowest BCUT2D eigenvalue weighted by atomic mass is 10.0. The van der Waals surface area contributed by atoms with Crippen LogP contribution in [0.3, 0.4) is 0 Å². The van der Waals surface area contributed by atoms with Gasteiger partial charge < -0.3 is 33.3 Å². The summed E-state index contributed by atoms with van der Waals surface area (Å²) in [6.07, 6.45) is 88.6. The second-order valence-corrected chi connectivity index (χ2v) is 26.2. The van der Waals surface area contributed by atoms with E-state index in [1.165, 1.54) is 250 Å². The van der Waals surface area contributed by atoms with E-state index in [1.807, 2.05) is 21.1 Å². The van der Waals surface area contributed by atoms with Crippen LogP contribution in [0.4, 0.5) is 0 Å². The van der Waals surface area contributed by atoms with Gasteiger partial charge in [-0.2, -0.15) is 0 Å².